The Morgan fingerprint density at radius 1 is 1.48 bits per heavy atom. The maximum absolute atomic E-state index is 12.7. The molecule has 0 spiro atoms. The number of carbonyl (C=O) groups is 1. The third-order valence-electron chi connectivity index (χ3n) is 4.60. The summed E-state index contributed by atoms with van der Waals surface area (Å²) >= 11 is 0. The van der Waals surface area contributed by atoms with E-state index in [4.69, 9.17) is 9.47 Å². The molecule has 1 aromatic heterocycles. The lowest BCUT2D eigenvalue weighted by molar-refractivity contribution is -0.143. The summed E-state index contributed by atoms with van der Waals surface area (Å²) in [6.07, 6.45) is 5.93. The summed E-state index contributed by atoms with van der Waals surface area (Å²) < 4.78 is 11.5. The minimum absolute atomic E-state index is 0.147. The predicted molar refractivity (Wildman–Crippen MR) is 86.9 cm³/mol. The number of rotatable bonds is 6. The van der Waals surface area contributed by atoms with Crippen LogP contribution in [0.5, 0.6) is 0 Å². The monoisotopic (exact) mass is 316 g/mol. The van der Waals surface area contributed by atoms with Crippen molar-refractivity contribution in [2.45, 2.75) is 31.4 Å². The zero-order chi connectivity index (χ0) is 16.1. The standard InChI is InChI=1S/C18H24N2O3/c1-2-8-22-13-14-10-16-17(11-14)23-9-7-20(16)18(21)12-15-5-3-4-6-19-15/h2-6,14,16-17H,1,7-13H2/t14-,16+,17+/m0/s1. The fraction of sp³-hybridized carbons (Fsp3) is 0.556. The Morgan fingerprint density at radius 2 is 2.39 bits per heavy atom. The summed E-state index contributed by atoms with van der Waals surface area (Å²) in [6.45, 7) is 6.25. The SMILES string of the molecule is C=CCOC[C@H]1C[C@@H]2[C@@H](C1)OCCN2C(=O)Cc1ccccn1. The third kappa shape index (κ3) is 3.98. The zero-order valence-electron chi connectivity index (χ0n) is 13.4. The van der Waals surface area contributed by atoms with Gasteiger partial charge in [0.25, 0.3) is 0 Å². The molecule has 23 heavy (non-hydrogen) atoms. The second kappa shape index (κ2) is 7.70. The number of aromatic nitrogens is 1. The van der Waals surface area contributed by atoms with Gasteiger partial charge in [-0.25, -0.2) is 0 Å². The Hall–Kier alpha value is -1.72. The molecule has 0 unspecified atom stereocenters. The molecule has 1 aromatic rings. The molecule has 2 fully saturated rings. The fourth-order valence-corrected chi connectivity index (χ4v) is 3.57. The lowest BCUT2D eigenvalue weighted by Crippen LogP contribution is -2.51. The number of hydrogen-bond donors (Lipinski definition) is 0. The first kappa shape index (κ1) is 16.1. The van der Waals surface area contributed by atoms with Crippen molar-refractivity contribution in [2.75, 3.05) is 26.4 Å². The Kier molecular flexibility index (Phi) is 5.41. The van der Waals surface area contributed by atoms with Crippen molar-refractivity contribution in [1.82, 2.24) is 9.88 Å². The van der Waals surface area contributed by atoms with Crippen LogP contribution < -0.4 is 0 Å². The van der Waals surface area contributed by atoms with Crippen LogP contribution in [-0.4, -0.2) is 54.3 Å². The minimum Gasteiger partial charge on any atom is -0.377 e. The highest BCUT2D eigenvalue weighted by atomic mass is 16.5. The average molecular weight is 316 g/mol. The van der Waals surface area contributed by atoms with E-state index >= 15 is 0 Å². The number of amides is 1. The van der Waals surface area contributed by atoms with E-state index in [1.54, 1.807) is 12.3 Å². The van der Waals surface area contributed by atoms with E-state index in [1.165, 1.54) is 0 Å². The molecule has 0 N–H and O–H groups in total. The van der Waals surface area contributed by atoms with Crippen LogP contribution in [0.3, 0.4) is 0 Å². The molecule has 1 amide bonds. The van der Waals surface area contributed by atoms with Crippen molar-refractivity contribution < 1.29 is 14.3 Å². The van der Waals surface area contributed by atoms with Gasteiger partial charge in [0.1, 0.15) is 0 Å². The summed E-state index contributed by atoms with van der Waals surface area (Å²) in [7, 11) is 0. The van der Waals surface area contributed by atoms with Gasteiger partial charge in [0.05, 0.1) is 31.8 Å². The van der Waals surface area contributed by atoms with Crippen molar-refractivity contribution in [2.24, 2.45) is 5.92 Å². The Bertz CT molecular complexity index is 534. The van der Waals surface area contributed by atoms with Gasteiger partial charge in [-0.15, -0.1) is 6.58 Å². The molecule has 3 rings (SSSR count). The van der Waals surface area contributed by atoms with Gasteiger partial charge in [-0.3, -0.25) is 9.78 Å². The number of carbonyl (C=O) groups excluding carboxylic acids is 1. The highest BCUT2D eigenvalue weighted by molar-refractivity contribution is 5.78. The van der Waals surface area contributed by atoms with E-state index in [0.717, 1.165) is 18.5 Å². The van der Waals surface area contributed by atoms with Gasteiger partial charge in [0.15, 0.2) is 0 Å². The molecule has 0 radical (unpaired) electrons. The first-order valence-electron chi connectivity index (χ1n) is 8.27. The second-order valence-electron chi connectivity index (χ2n) is 6.23. The van der Waals surface area contributed by atoms with E-state index in [2.05, 4.69) is 11.6 Å². The second-order valence-corrected chi connectivity index (χ2v) is 6.23. The van der Waals surface area contributed by atoms with Crippen molar-refractivity contribution in [3.05, 3.63) is 42.7 Å². The molecule has 1 aliphatic carbocycles. The van der Waals surface area contributed by atoms with Crippen molar-refractivity contribution >= 4 is 5.91 Å². The summed E-state index contributed by atoms with van der Waals surface area (Å²) in [5.41, 5.74) is 0.824. The molecule has 1 saturated heterocycles. The molecule has 124 valence electrons. The molecule has 5 nitrogen and oxygen atoms in total. The zero-order valence-corrected chi connectivity index (χ0v) is 13.4. The van der Waals surface area contributed by atoms with Gasteiger partial charge in [-0.2, -0.15) is 0 Å². The minimum atomic E-state index is 0.147. The molecular weight excluding hydrogens is 292 g/mol. The summed E-state index contributed by atoms with van der Waals surface area (Å²) in [6, 6.07) is 5.86. The van der Waals surface area contributed by atoms with E-state index in [9.17, 15) is 4.79 Å². The molecule has 2 heterocycles. The smallest absolute Gasteiger partial charge is 0.229 e. The summed E-state index contributed by atoms with van der Waals surface area (Å²) in [5.74, 6) is 0.600. The topological polar surface area (TPSA) is 51.7 Å². The molecule has 2 aliphatic rings. The Balaban J connectivity index is 1.59. The molecular formula is C18H24N2O3. The average Bonchev–Trinajstić information content (AvgIpc) is 2.98. The predicted octanol–water partition coefficient (Wildman–Crippen LogP) is 1.83. The third-order valence-corrected chi connectivity index (χ3v) is 4.60. The molecule has 0 bridgehead atoms. The number of morpholine rings is 1. The van der Waals surface area contributed by atoms with Gasteiger partial charge in [0.2, 0.25) is 5.91 Å². The summed E-state index contributed by atoms with van der Waals surface area (Å²) in [5, 5.41) is 0. The first-order chi connectivity index (χ1) is 11.3. The lowest BCUT2D eigenvalue weighted by Gasteiger charge is -2.37. The van der Waals surface area contributed by atoms with Crippen molar-refractivity contribution in [1.29, 1.82) is 0 Å². The maximum atomic E-state index is 12.7. The van der Waals surface area contributed by atoms with E-state index in [1.807, 2.05) is 23.1 Å². The summed E-state index contributed by atoms with van der Waals surface area (Å²) in [4.78, 5) is 18.9. The Labute approximate surface area is 137 Å². The highest BCUT2D eigenvalue weighted by Crippen LogP contribution is 2.34. The maximum Gasteiger partial charge on any atom is 0.229 e. The van der Waals surface area contributed by atoms with Crippen LogP contribution in [-0.2, 0) is 20.7 Å². The molecule has 3 atom stereocenters. The largest absolute Gasteiger partial charge is 0.377 e. The van der Waals surface area contributed by atoms with Crippen molar-refractivity contribution in [3.63, 3.8) is 0 Å². The molecule has 0 aromatic carbocycles. The number of nitrogens with zero attached hydrogens (tertiary/aromatic N) is 2. The van der Waals surface area contributed by atoms with Crippen LogP contribution in [0, 0.1) is 5.92 Å². The number of fused-ring (bicyclic) bond motifs is 1. The van der Waals surface area contributed by atoms with Gasteiger partial charge in [-0.05, 0) is 30.9 Å². The normalized spacial score (nSPS) is 26.8. The number of pyridine rings is 1. The van der Waals surface area contributed by atoms with Crippen LogP contribution in [0.15, 0.2) is 37.1 Å². The van der Waals surface area contributed by atoms with Crippen molar-refractivity contribution in [3.8, 4) is 0 Å². The molecule has 5 heteroatoms. The van der Waals surface area contributed by atoms with E-state index in [0.29, 0.717) is 38.7 Å². The Morgan fingerprint density at radius 3 is 3.17 bits per heavy atom. The highest BCUT2D eigenvalue weighted by Gasteiger charge is 2.42. The van der Waals surface area contributed by atoms with E-state index < -0.39 is 0 Å². The molecule has 1 saturated carbocycles. The first-order valence-corrected chi connectivity index (χ1v) is 8.27. The van der Waals surface area contributed by atoms with Gasteiger partial charge in [0, 0.05) is 25.0 Å². The lowest BCUT2D eigenvalue weighted by atomic mass is 10.1. The number of hydrogen-bond acceptors (Lipinski definition) is 4. The quantitative estimate of drug-likeness (QED) is 0.593. The van der Waals surface area contributed by atoms with Crippen LogP contribution in [0.4, 0.5) is 0 Å². The van der Waals surface area contributed by atoms with E-state index in [-0.39, 0.29) is 18.1 Å². The van der Waals surface area contributed by atoms with Gasteiger partial charge >= 0.3 is 0 Å². The van der Waals surface area contributed by atoms with Crippen LogP contribution >= 0.6 is 0 Å². The number of ether oxygens (including phenoxy) is 2. The molecule has 1 aliphatic heterocycles. The van der Waals surface area contributed by atoms with Crippen LogP contribution in [0.2, 0.25) is 0 Å². The van der Waals surface area contributed by atoms with Crippen LogP contribution in [0.1, 0.15) is 18.5 Å². The van der Waals surface area contributed by atoms with Gasteiger partial charge < -0.3 is 14.4 Å². The fourth-order valence-electron chi connectivity index (χ4n) is 3.57. The van der Waals surface area contributed by atoms with Gasteiger partial charge in [-0.1, -0.05) is 12.1 Å². The van der Waals surface area contributed by atoms with Crippen LogP contribution in [0.25, 0.3) is 0 Å².